The zero-order valence-corrected chi connectivity index (χ0v) is 22.0. The van der Waals surface area contributed by atoms with E-state index in [2.05, 4.69) is 102 Å². The molecule has 0 atom stereocenters. The summed E-state index contributed by atoms with van der Waals surface area (Å²) >= 11 is 1.85. The molecule has 0 saturated heterocycles. The van der Waals surface area contributed by atoms with Crippen LogP contribution in [0.1, 0.15) is 28.0 Å². The maximum Gasteiger partial charge on any atom is 0.192 e. The zero-order valence-electron chi connectivity index (χ0n) is 21.2. The first kappa shape index (κ1) is 22.4. The topological polar surface area (TPSA) is 33.5 Å². The molecule has 1 aromatic heterocycles. The summed E-state index contributed by atoms with van der Waals surface area (Å²) < 4.78 is 6.02. The van der Waals surface area contributed by atoms with E-state index < -0.39 is 5.41 Å². The fourth-order valence-electron chi connectivity index (χ4n) is 6.50. The van der Waals surface area contributed by atoms with Crippen LogP contribution in [0.4, 0.5) is 17.1 Å². The number of nitrogens with zero attached hydrogens (tertiary/aromatic N) is 1. The van der Waals surface area contributed by atoms with Crippen LogP contribution in [0, 0.1) is 6.92 Å². The minimum atomic E-state index is -0.470. The Morgan fingerprint density at radius 3 is 1.79 bits per heavy atom. The van der Waals surface area contributed by atoms with Crippen LogP contribution < -0.4 is 10.3 Å². The van der Waals surface area contributed by atoms with Crippen molar-refractivity contribution in [2.24, 2.45) is 0 Å². The molecule has 0 saturated carbocycles. The number of anilines is 3. The molecule has 1 spiro atoms. The quantitative estimate of drug-likeness (QED) is 0.216. The summed E-state index contributed by atoms with van der Waals surface area (Å²) in [6.45, 7) is 1.82. The lowest BCUT2D eigenvalue weighted by molar-refractivity contribution is 0.565. The molecule has 0 amide bonds. The van der Waals surface area contributed by atoms with Crippen LogP contribution in [-0.4, -0.2) is 0 Å². The van der Waals surface area contributed by atoms with Crippen LogP contribution >= 0.6 is 11.8 Å². The van der Waals surface area contributed by atoms with Gasteiger partial charge >= 0.3 is 0 Å². The minimum absolute atomic E-state index is 0.0217. The van der Waals surface area contributed by atoms with E-state index in [0.717, 1.165) is 17.1 Å². The van der Waals surface area contributed by atoms with Crippen molar-refractivity contribution in [2.75, 3.05) is 4.90 Å². The van der Waals surface area contributed by atoms with Crippen molar-refractivity contribution in [2.45, 2.75) is 22.1 Å². The third-order valence-corrected chi connectivity index (χ3v) is 9.15. The Labute approximate surface area is 230 Å². The molecule has 2 aliphatic heterocycles. The first-order valence-corrected chi connectivity index (χ1v) is 13.9. The molecule has 0 N–H and O–H groups in total. The molecule has 0 radical (unpaired) electrons. The summed E-state index contributed by atoms with van der Waals surface area (Å²) in [5.41, 5.74) is 8.35. The van der Waals surface area contributed by atoms with Gasteiger partial charge in [0.15, 0.2) is 5.43 Å². The van der Waals surface area contributed by atoms with E-state index >= 15 is 0 Å². The van der Waals surface area contributed by atoms with Crippen LogP contribution in [0.25, 0.3) is 11.0 Å². The van der Waals surface area contributed by atoms with Gasteiger partial charge in [-0.15, -0.1) is 0 Å². The van der Waals surface area contributed by atoms with Crippen molar-refractivity contribution >= 4 is 39.8 Å². The van der Waals surface area contributed by atoms with E-state index in [1.807, 2.05) is 36.9 Å². The Balaban J connectivity index is 1.49. The van der Waals surface area contributed by atoms with Crippen molar-refractivity contribution in [1.29, 1.82) is 0 Å². The molecule has 0 aliphatic carbocycles. The third-order valence-electron chi connectivity index (χ3n) is 7.99. The summed E-state index contributed by atoms with van der Waals surface area (Å²) in [6, 6.07) is 42.5. The summed E-state index contributed by atoms with van der Waals surface area (Å²) in [5.74, 6) is 0.607. The van der Waals surface area contributed by atoms with Crippen molar-refractivity contribution < 1.29 is 4.42 Å². The molecular weight excluding hydrogens is 498 g/mol. The minimum Gasteiger partial charge on any atom is -0.461 e. The van der Waals surface area contributed by atoms with Crippen LogP contribution in [0.15, 0.2) is 140 Å². The number of aryl methyl sites for hydroxylation is 1. The van der Waals surface area contributed by atoms with E-state index in [1.165, 1.54) is 32.0 Å². The number of para-hydroxylation sites is 2. The standard InChI is InChI=1S/C35H23NO2S/c1-22-20-31(37)24-19-18-23(21-32(24)38-22)36-29-14-6-2-10-25(29)35(26-11-3-7-15-30(26)36)27-12-4-8-16-33(27)39-34-17-9-5-13-28(34)35/h2-21H,1H3. The fraction of sp³-hybridized carbons (Fsp3) is 0.0571. The smallest absolute Gasteiger partial charge is 0.192 e. The summed E-state index contributed by atoms with van der Waals surface area (Å²) in [6.07, 6.45) is 0. The number of benzene rings is 5. The molecule has 186 valence electrons. The number of fused-ring (bicyclic) bond motifs is 9. The normalized spacial score (nSPS) is 14.4. The highest BCUT2D eigenvalue weighted by Crippen LogP contribution is 2.62. The Bertz CT molecular complexity index is 1910. The second-order valence-corrected chi connectivity index (χ2v) is 11.2. The predicted octanol–water partition coefficient (Wildman–Crippen LogP) is 8.73. The van der Waals surface area contributed by atoms with Crippen molar-refractivity contribution in [1.82, 2.24) is 0 Å². The van der Waals surface area contributed by atoms with Crippen LogP contribution in [0.5, 0.6) is 0 Å². The van der Waals surface area contributed by atoms with Gasteiger partial charge in [-0.25, -0.2) is 0 Å². The summed E-state index contributed by atoms with van der Waals surface area (Å²) in [4.78, 5) is 17.5. The van der Waals surface area contributed by atoms with Crippen molar-refractivity contribution in [3.05, 3.63) is 160 Å². The molecule has 3 nitrogen and oxygen atoms in total. The zero-order chi connectivity index (χ0) is 26.1. The molecule has 5 aromatic carbocycles. The maximum absolute atomic E-state index is 12.6. The first-order valence-electron chi connectivity index (χ1n) is 13.1. The first-order chi connectivity index (χ1) is 19.2. The van der Waals surface area contributed by atoms with Crippen molar-refractivity contribution in [3.63, 3.8) is 0 Å². The van der Waals surface area contributed by atoms with Crippen LogP contribution in [0.2, 0.25) is 0 Å². The van der Waals surface area contributed by atoms with Gasteiger partial charge in [-0.2, -0.15) is 0 Å². The molecule has 4 heteroatoms. The van der Waals surface area contributed by atoms with E-state index in [9.17, 15) is 4.79 Å². The molecule has 0 fully saturated rings. The molecular formula is C35H23NO2S. The average molecular weight is 522 g/mol. The molecule has 8 rings (SSSR count). The van der Waals surface area contributed by atoms with Gasteiger partial charge in [0.05, 0.1) is 22.2 Å². The lowest BCUT2D eigenvalue weighted by Crippen LogP contribution is -2.39. The maximum atomic E-state index is 12.6. The molecule has 6 aromatic rings. The Hall–Kier alpha value is -4.54. The highest BCUT2D eigenvalue weighted by Gasteiger charge is 2.50. The van der Waals surface area contributed by atoms with E-state index in [-0.39, 0.29) is 5.43 Å². The van der Waals surface area contributed by atoms with E-state index in [0.29, 0.717) is 16.7 Å². The van der Waals surface area contributed by atoms with E-state index in [4.69, 9.17) is 4.42 Å². The van der Waals surface area contributed by atoms with Gasteiger partial charge in [0.1, 0.15) is 11.3 Å². The Morgan fingerprint density at radius 1 is 0.641 bits per heavy atom. The molecule has 2 aliphatic rings. The van der Waals surface area contributed by atoms with Gasteiger partial charge in [-0.3, -0.25) is 4.79 Å². The molecule has 0 unspecified atom stereocenters. The largest absolute Gasteiger partial charge is 0.461 e. The third kappa shape index (κ3) is 3.03. The number of hydrogen-bond acceptors (Lipinski definition) is 4. The van der Waals surface area contributed by atoms with Gasteiger partial charge < -0.3 is 9.32 Å². The lowest BCUT2D eigenvalue weighted by Gasteiger charge is -2.48. The highest BCUT2D eigenvalue weighted by molar-refractivity contribution is 7.99. The summed E-state index contributed by atoms with van der Waals surface area (Å²) in [5, 5.41) is 0.589. The van der Waals surface area contributed by atoms with Gasteiger partial charge in [-0.05, 0) is 65.6 Å². The SMILES string of the molecule is Cc1cc(=O)c2ccc(N3c4ccccc4C4(c5ccccc5Sc5ccccc54)c4ccccc43)cc2o1. The molecule has 3 heterocycles. The number of hydrogen-bond donors (Lipinski definition) is 0. The van der Waals surface area contributed by atoms with Crippen molar-refractivity contribution in [3.8, 4) is 0 Å². The Kier molecular flexibility index (Phi) is 4.73. The lowest BCUT2D eigenvalue weighted by atomic mass is 9.62. The number of rotatable bonds is 1. The summed E-state index contributed by atoms with van der Waals surface area (Å²) in [7, 11) is 0. The second kappa shape index (κ2) is 8.23. The molecule has 39 heavy (non-hydrogen) atoms. The monoisotopic (exact) mass is 521 g/mol. The van der Waals surface area contributed by atoms with Gasteiger partial charge in [0.25, 0.3) is 0 Å². The second-order valence-electron chi connectivity index (χ2n) is 10.1. The Morgan fingerprint density at radius 2 is 1.18 bits per heavy atom. The predicted molar refractivity (Wildman–Crippen MR) is 158 cm³/mol. The van der Waals surface area contributed by atoms with Crippen LogP contribution in [-0.2, 0) is 5.41 Å². The highest BCUT2D eigenvalue weighted by atomic mass is 32.2. The van der Waals surface area contributed by atoms with E-state index in [1.54, 1.807) is 6.07 Å². The molecule has 0 bridgehead atoms. The van der Waals surface area contributed by atoms with Gasteiger partial charge in [-0.1, -0.05) is 84.6 Å². The van der Waals surface area contributed by atoms with Gasteiger partial charge in [0, 0.05) is 27.6 Å². The fourth-order valence-corrected chi connectivity index (χ4v) is 7.69. The van der Waals surface area contributed by atoms with Gasteiger partial charge in [0.2, 0.25) is 0 Å². The average Bonchev–Trinajstić information content (AvgIpc) is 2.97. The van der Waals surface area contributed by atoms with Crippen LogP contribution in [0.3, 0.4) is 0 Å².